The summed E-state index contributed by atoms with van der Waals surface area (Å²) in [6, 6.07) is 6.39. The van der Waals surface area contributed by atoms with Gasteiger partial charge in [0, 0.05) is 11.8 Å². The van der Waals surface area contributed by atoms with Gasteiger partial charge < -0.3 is 9.47 Å². The Morgan fingerprint density at radius 1 is 1.36 bits per heavy atom. The zero-order valence-corrected chi connectivity index (χ0v) is 16.5. The molecule has 1 aromatic carbocycles. The molecule has 28 heavy (non-hydrogen) atoms. The normalized spacial score (nSPS) is 29.0. The topological polar surface area (TPSA) is 36.3 Å². The average Bonchev–Trinajstić information content (AvgIpc) is 3.32. The summed E-state index contributed by atoms with van der Waals surface area (Å²) in [5.41, 5.74) is 2.70. The minimum absolute atomic E-state index is 0.0783. The number of nitrogens with zero attached hydrogens (tertiary/aromatic N) is 2. The molecule has 2 heterocycles. The number of rotatable bonds is 6. The Labute approximate surface area is 165 Å². The summed E-state index contributed by atoms with van der Waals surface area (Å²) in [7, 11) is 0. The third-order valence-electron chi connectivity index (χ3n) is 5.94. The van der Waals surface area contributed by atoms with Crippen LogP contribution < -0.4 is 0 Å². The standard InChI is InChI=1S/C23H27FN2O2/c1-4-6-12-23(27-16-20(5-2)28-23)22(3)13-11-21-17(14-22)15-25-26(21)19-9-7-18(24)8-10-19/h5,7-11,13,15,20H,2,4,6,12,14,16H2,1,3H3/t20-,22+,23-/m0/s1. The fourth-order valence-electron chi connectivity index (χ4n) is 4.24. The van der Waals surface area contributed by atoms with Crippen molar-refractivity contribution in [1.29, 1.82) is 0 Å². The molecule has 5 heteroatoms. The highest BCUT2D eigenvalue weighted by Gasteiger charge is 2.54. The summed E-state index contributed by atoms with van der Waals surface area (Å²) in [6.45, 7) is 8.79. The molecule has 148 valence electrons. The summed E-state index contributed by atoms with van der Waals surface area (Å²) in [4.78, 5) is 0. The maximum absolute atomic E-state index is 13.3. The van der Waals surface area contributed by atoms with Crippen molar-refractivity contribution < 1.29 is 13.9 Å². The molecule has 4 rings (SSSR count). The second kappa shape index (κ2) is 7.30. The van der Waals surface area contributed by atoms with Gasteiger partial charge in [-0.1, -0.05) is 32.4 Å². The first-order valence-corrected chi connectivity index (χ1v) is 9.97. The molecule has 0 unspecified atom stereocenters. The van der Waals surface area contributed by atoms with Crippen molar-refractivity contribution in [3.05, 3.63) is 66.3 Å². The number of fused-ring (bicyclic) bond motifs is 1. The van der Waals surface area contributed by atoms with Gasteiger partial charge in [0.25, 0.3) is 0 Å². The lowest BCUT2D eigenvalue weighted by Crippen LogP contribution is -2.49. The Morgan fingerprint density at radius 2 is 2.14 bits per heavy atom. The fourth-order valence-corrected chi connectivity index (χ4v) is 4.24. The van der Waals surface area contributed by atoms with Gasteiger partial charge in [0.2, 0.25) is 0 Å². The Hall–Kier alpha value is -2.24. The van der Waals surface area contributed by atoms with Crippen LogP contribution in [0.25, 0.3) is 11.8 Å². The molecular weight excluding hydrogens is 355 g/mol. The van der Waals surface area contributed by atoms with Gasteiger partial charge in [-0.2, -0.15) is 5.10 Å². The van der Waals surface area contributed by atoms with Crippen molar-refractivity contribution in [2.75, 3.05) is 6.61 Å². The molecule has 1 fully saturated rings. The Kier molecular flexibility index (Phi) is 4.98. The molecule has 1 aromatic heterocycles. The van der Waals surface area contributed by atoms with Gasteiger partial charge >= 0.3 is 0 Å². The van der Waals surface area contributed by atoms with E-state index in [1.807, 2.05) is 17.0 Å². The van der Waals surface area contributed by atoms with Crippen molar-refractivity contribution in [1.82, 2.24) is 9.78 Å². The van der Waals surface area contributed by atoms with Crippen LogP contribution in [0.15, 0.2) is 49.2 Å². The van der Waals surface area contributed by atoms with Crippen molar-refractivity contribution in [2.45, 2.75) is 51.4 Å². The highest BCUT2D eigenvalue weighted by atomic mass is 19.1. The number of benzene rings is 1. The molecule has 4 nitrogen and oxygen atoms in total. The molecule has 2 aliphatic rings. The number of ether oxygens (including phenoxy) is 2. The number of hydrogen-bond acceptors (Lipinski definition) is 3. The number of hydrogen-bond donors (Lipinski definition) is 0. The maximum Gasteiger partial charge on any atom is 0.178 e. The molecule has 1 aliphatic carbocycles. The summed E-state index contributed by atoms with van der Waals surface area (Å²) >= 11 is 0. The quantitative estimate of drug-likeness (QED) is 0.654. The van der Waals surface area contributed by atoms with Crippen LogP contribution in [0.3, 0.4) is 0 Å². The summed E-state index contributed by atoms with van der Waals surface area (Å²) in [5, 5.41) is 4.55. The van der Waals surface area contributed by atoms with Crippen LogP contribution in [-0.2, 0) is 15.9 Å². The van der Waals surface area contributed by atoms with Gasteiger partial charge in [-0.05, 0) is 48.7 Å². The van der Waals surface area contributed by atoms with E-state index in [1.165, 1.54) is 12.1 Å². The van der Waals surface area contributed by atoms with Crippen molar-refractivity contribution in [2.24, 2.45) is 5.41 Å². The van der Waals surface area contributed by atoms with E-state index in [2.05, 4.69) is 37.7 Å². The minimum atomic E-state index is -0.659. The van der Waals surface area contributed by atoms with Crippen molar-refractivity contribution in [3.8, 4) is 5.69 Å². The Balaban J connectivity index is 1.67. The van der Waals surface area contributed by atoms with E-state index in [0.29, 0.717) is 6.61 Å². The third kappa shape index (κ3) is 3.12. The van der Waals surface area contributed by atoms with Crippen LogP contribution >= 0.6 is 0 Å². The van der Waals surface area contributed by atoms with Crippen molar-refractivity contribution in [3.63, 3.8) is 0 Å². The average molecular weight is 382 g/mol. The van der Waals surface area contributed by atoms with E-state index >= 15 is 0 Å². The summed E-state index contributed by atoms with van der Waals surface area (Å²) < 4.78 is 27.8. The predicted molar refractivity (Wildman–Crippen MR) is 108 cm³/mol. The predicted octanol–water partition coefficient (Wildman–Crippen LogP) is 5.07. The highest BCUT2D eigenvalue weighted by Crippen LogP contribution is 2.49. The lowest BCUT2D eigenvalue weighted by Gasteiger charge is -2.44. The first-order valence-electron chi connectivity index (χ1n) is 9.97. The molecule has 0 N–H and O–H groups in total. The fraction of sp³-hybridized carbons (Fsp3) is 0.435. The Morgan fingerprint density at radius 3 is 2.82 bits per heavy atom. The molecular formula is C23H27FN2O2. The van der Waals surface area contributed by atoms with Crippen LogP contribution in [0.4, 0.5) is 4.39 Å². The van der Waals surface area contributed by atoms with Gasteiger partial charge in [-0.15, -0.1) is 6.58 Å². The van der Waals surface area contributed by atoms with Gasteiger partial charge in [-0.25, -0.2) is 9.07 Å². The minimum Gasteiger partial charge on any atom is -0.346 e. The van der Waals surface area contributed by atoms with Crippen LogP contribution in [0.2, 0.25) is 0 Å². The van der Waals surface area contributed by atoms with Gasteiger partial charge in [0.1, 0.15) is 11.9 Å². The lowest BCUT2D eigenvalue weighted by molar-refractivity contribution is -0.228. The molecule has 0 bridgehead atoms. The van der Waals surface area contributed by atoms with E-state index in [0.717, 1.165) is 42.6 Å². The molecule has 0 radical (unpaired) electrons. The van der Waals surface area contributed by atoms with Crippen molar-refractivity contribution >= 4 is 6.08 Å². The Bertz CT molecular complexity index is 889. The number of halogens is 1. The summed E-state index contributed by atoms with van der Waals surface area (Å²) in [5.74, 6) is -0.910. The van der Waals surface area contributed by atoms with Gasteiger partial charge in [-0.3, -0.25) is 0 Å². The largest absolute Gasteiger partial charge is 0.346 e. The molecule has 0 spiro atoms. The van der Waals surface area contributed by atoms with Crippen LogP contribution in [0.5, 0.6) is 0 Å². The van der Waals surface area contributed by atoms with E-state index in [1.54, 1.807) is 12.1 Å². The second-order valence-corrected chi connectivity index (χ2v) is 7.93. The molecule has 1 aliphatic heterocycles. The molecule has 1 saturated heterocycles. The monoisotopic (exact) mass is 382 g/mol. The molecule has 2 aromatic rings. The second-order valence-electron chi connectivity index (χ2n) is 7.93. The SMILES string of the molecule is C=C[C@H]1CO[C@](CCCC)([C@]2(C)C=Cc3c(cnn3-c3ccc(F)cc3)C2)O1. The van der Waals surface area contributed by atoms with Crippen LogP contribution in [0, 0.1) is 11.2 Å². The lowest BCUT2D eigenvalue weighted by atomic mass is 9.71. The first-order chi connectivity index (χ1) is 13.5. The smallest absolute Gasteiger partial charge is 0.178 e. The molecule has 3 atom stereocenters. The zero-order valence-electron chi connectivity index (χ0n) is 16.5. The molecule has 0 amide bonds. The number of aromatic nitrogens is 2. The van der Waals surface area contributed by atoms with Gasteiger partial charge in [0.15, 0.2) is 5.79 Å². The van der Waals surface area contributed by atoms with E-state index in [4.69, 9.17) is 9.47 Å². The highest BCUT2D eigenvalue weighted by molar-refractivity contribution is 5.57. The van der Waals surface area contributed by atoms with E-state index in [9.17, 15) is 4.39 Å². The van der Waals surface area contributed by atoms with Crippen LogP contribution in [-0.4, -0.2) is 28.3 Å². The maximum atomic E-state index is 13.3. The van der Waals surface area contributed by atoms with E-state index in [-0.39, 0.29) is 17.3 Å². The van der Waals surface area contributed by atoms with Gasteiger partial charge in [0.05, 0.1) is 24.2 Å². The zero-order chi connectivity index (χ0) is 19.8. The number of unbranched alkanes of at least 4 members (excludes halogenated alkanes) is 1. The van der Waals surface area contributed by atoms with Crippen LogP contribution in [0.1, 0.15) is 44.4 Å². The first kappa shape index (κ1) is 19.1. The summed E-state index contributed by atoms with van der Waals surface area (Å²) in [6.07, 6.45) is 11.7. The molecule has 0 saturated carbocycles. The van der Waals surface area contributed by atoms with E-state index < -0.39 is 5.79 Å². The third-order valence-corrected chi connectivity index (χ3v) is 5.94.